The molecule has 0 aliphatic carbocycles. The van der Waals surface area contributed by atoms with Crippen LogP contribution in [0.1, 0.15) is 40.0 Å². The molecule has 136 valence electrons. The Morgan fingerprint density at radius 3 is 3.15 bits per heavy atom. The molecule has 0 saturated carbocycles. The molecular formula is C18H21N5O2S. The van der Waals surface area contributed by atoms with Crippen molar-refractivity contribution < 1.29 is 9.90 Å². The first-order chi connectivity index (χ1) is 12.7. The van der Waals surface area contributed by atoms with Crippen molar-refractivity contribution in [2.24, 2.45) is 5.92 Å². The molecule has 3 aromatic rings. The first kappa shape index (κ1) is 17.1. The Kier molecular flexibility index (Phi) is 4.96. The monoisotopic (exact) mass is 371 g/mol. The van der Waals surface area contributed by atoms with E-state index in [-0.39, 0.29) is 5.91 Å². The number of H-pyrrole nitrogens is 1. The normalized spacial score (nSPS) is 18.7. The fraction of sp³-hybridized carbons (Fsp3) is 0.389. The number of carbonyl (C=O) groups excluding carboxylic acids is 1. The molecule has 1 saturated heterocycles. The molecule has 2 unspecified atom stereocenters. The molecule has 1 amide bonds. The maximum Gasteiger partial charge on any atom is 0.253 e. The highest BCUT2D eigenvalue weighted by Crippen LogP contribution is 2.26. The van der Waals surface area contributed by atoms with Gasteiger partial charge < -0.3 is 20.7 Å². The molecule has 7 nitrogen and oxygen atoms in total. The second kappa shape index (κ2) is 7.53. The van der Waals surface area contributed by atoms with Gasteiger partial charge in [0.15, 0.2) is 5.65 Å². The summed E-state index contributed by atoms with van der Waals surface area (Å²) in [6.07, 6.45) is 2.99. The zero-order valence-electron chi connectivity index (χ0n) is 14.2. The van der Waals surface area contributed by atoms with Crippen LogP contribution in [-0.4, -0.2) is 45.6 Å². The third-order valence-corrected chi connectivity index (χ3v) is 5.59. The first-order valence-electron chi connectivity index (χ1n) is 8.77. The van der Waals surface area contributed by atoms with E-state index in [1.807, 2.05) is 17.5 Å². The predicted octanol–water partition coefficient (Wildman–Crippen LogP) is 1.83. The molecule has 4 N–H and O–H groups in total. The summed E-state index contributed by atoms with van der Waals surface area (Å²) in [5, 5.41) is 18.7. The van der Waals surface area contributed by atoms with Gasteiger partial charge in [0, 0.05) is 17.6 Å². The fourth-order valence-electron chi connectivity index (χ4n) is 3.25. The lowest BCUT2D eigenvalue weighted by Crippen LogP contribution is -2.38. The zero-order chi connectivity index (χ0) is 17.9. The molecule has 0 aromatic carbocycles. The number of nitrogens with zero attached hydrogens (tertiary/aromatic N) is 2. The van der Waals surface area contributed by atoms with E-state index in [9.17, 15) is 9.90 Å². The number of piperidine rings is 1. The van der Waals surface area contributed by atoms with Gasteiger partial charge in [0.2, 0.25) is 0 Å². The quantitative estimate of drug-likeness (QED) is 0.548. The minimum atomic E-state index is -0.853. The number of thiophene rings is 1. The minimum Gasteiger partial charge on any atom is -0.380 e. The Labute approximate surface area is 154 Å². The van der Waals surface area contributed by atoms with Crippen molar-refractivity contribution in [3.05, 3.63) is 46.0 Å². The lowest BCUT2D eigenvalue weighted by atomic mass is 10.00. The summed E-state index contributed by atoms with van der Waals surface area (Å²) in [6.45, 7) is 2.63. The number of aromatic amines is 1. The Bertz CT molecular complexity index is 886. The van der Waals surface area contributed by atoms with Gasteiger partial charge in [-0.3, -0.25) is 4.79 Å². The first-order valence-corrected chi connectivity index (χ1v) is 9.65. The van der Waals surface area contributed by atoms with Crippen molar-refractivity contribution >= 4 is 28.4 Å². The number of imidazole rings is 1. The molecule has 1 aliphatic rings. The lowest BCUT2D eigenvalue weighted by molar-refractivity contribution is 0.0946. The molecule has 8 heteroatoms. The summed E-state index contributed by atoms with van der Waals surface area (Å²) < 4.78 is 0. The summed E-state index contributed by atoms with van der Waals surface area (Å²) in [6, 6.07) is 5.39. The highest BCUT2D eigenvalue weighted by atomic mass is 32.1. The van der Waals surface area contributed by atoms with Crippen LogP contribution in [0.3, 0.4) is 0 Å². The molecule has 4 rings (SSSR count). The number of amides is 1. The molecule has 1 fully saturated rings. The number of hydrogen-bond donors (Lipinski definition) is 4. The average Bonchev–Trinajstić information content (AvgIpc) is 3.35. The van der Waals surface area contributed by atoms with E-state index in [0.29, 0.717) is 35.0 Å². The predicted molar refractivity (Wildman–Crippen MR) is 100 cm³/mol. The van der Waals surface area contributed by atoms with Crippen molar-refractivity contribution in [2.45, 2.75) is 18.9 Å². The van der Waals surface area contributed by atoms with E-state index >= 15 is 0 Å². The number of aliphatic hydroxyl groups is 1. The SMILES string of the molecule is O=C(NCC1CCCNC1)c1ccnc2[nH]c(C(O)c3cccs3)nc12. The van der Waals surface area contributed by atoms with Gasteiger partial charge in [-0.1, -0.05) is 6.07 Å². The van der Waals surface area contributed by atoms with Crippen molar-refractivity contribution in [1.82, 2.24) is 25.6 Å². The number of hydrogen-bond acceptors (Lipinski definition) is 6. The second-order valence-electron chi connectivity index (χ2n) is 6.52. The molecular weight excluding hydrogens is 350 g/mol. The third-order valence-electron chi connectivity index (χ3n) is 4.67. The Morgan fingerprint density at radius 1 is 1.46 bits per heavy atom. The van der Waals surface area contributed by atoms with E-state index in [4.69, 9.17) is 0 Å². The highest BCUT2D eigenvalue weighted by molar-refractivity contribution is 7.10. The molecule has 3 aromatic heterocycles. The van der Waals surface area contributed by atoms with E-state index in [2.05, 4.69) is 25.6 Å². The van der Waals surface area contributed by atoms with Crippen LogP contribution < -0.4 is 10.6 Å². The Morgan fingerprint density at radius 2 is 2.38 bits per heavy atom. The number of aliphatic hydroxyl groups excluding tert-OH is 1. The lowest BCUT2D eigenvalue weighted by Gasteiger charge is -2.22. The Balaban J connectivity index is 1.54. The smallest absolute Gasteiger partial charge is 0.253 e. The number of aromatic nitrogens is 3. The van der Waals surface area contributed by atoms with E-state index in [0.717, 1.165) is 30.8 Å². The van der Waals surface area contributed by atoms with Crippen LogP contribution in [0, 0.1) is 5.92 Å². The maximum atomic E-state index is 12.6. The van der Waals surface area contributed by atoms with Gasteiger partial charge in [0.1, 0.15) is 17.4 Å². The minimum absolute atomic E-state index is 0.161. The number of pyridine rings is 1. The van der Waals surface area contributed by atoms with Crippen LogP contribution in [-0.2, 0) is 0 Å². The van der Waals surface area contributed by atoms with E-state index in [1.54, 1.807) is 12.3 Å². The van der Waals surface area contributed by atoms with Crippen LogP contribution in [0.5, 0.6) is 0 Å². The molecule has 26 heavy (non-hydrogen) atoms. The molecule has 0 spiro atoms. The van der Waals surface area contributed by atoms with E-state index in [1.165, 1.54) is 11.3 Å². The summed E-state index contributed by atoms with van der Waals surface area (Å²) >= 11 is 1.45. The fourth-order valence-corrected chi connectivity index (χ4v) is 3.97. The van der Waals surface area contributed by atoms with Crippen LogP contribution >= 0.6 is 11.3 Å². The number of fused-ring (bicyclic) bond motifs is 1. The van der Waals surface area contributed by atoms with Crippen LogP contribution in [0.15, 0.2) is 29.8 Å². The van der Waals surface area contributed by atoms with Crippen LogP contribution in [0.25, 0.3) is 11.2 Å². The summed E-state index contributed by atoms with van der Waals surface area (Å²) in [5.41, 5.74) is 1.46. The van der Waals surface area contributed by atoms with Crippen molar-refractivity contribution in [2.75, 3.05) is 19.6 Å². The van der Waals surface area contributed by atoms with Gasteiger partial charge in [0.05, 0.1) is 5.56 Å². The van der Waals surface area contributed by atoms with Gasteiger partial charge in [-0.05, 0) is 49.4 Å². The maximum absolute atomic E-state index is 12.6. The summed E-state index contributed by atoms with van der Waals surface area (Å²) in [7, 11) is 0. The number of carbonyl (C=O) groups is 1. The zero-order valence-corrected chi connectivity index (χ0v) is 15.1. The molecule has 0 bridgehead atoms. The second-order valence-corrected chi connectivity index (χ2v) is 7.50. The molecule has 1 aliphatic heterocycles. The third kappa shape index (κ3) is 3.48. The average molecular weight is 371 g/mol. The summed E-state index contributed by atoms with van der Waals surface area (Å²) in [5.74, 6) is 0.693. The molecule has 0 radical (unpaired) electrons. The van der Waals surface area contributed by atoms with Gasteiger partial charge in [-0.2, -0.15) is 0 Å². The molecule has 2 atom stereocenters. The van der Waals surface area contributed by atoms with E-state index < -0.39 is 6.10 Å². The van der Waals surface area contributed by atoms with Gasteiger partial charge in [-0.15, -0.1) is 11.3 Å². The number of rotatable bonds is 5. The van der Waals surface area contributed by atoms with Crippen LogP contribution in [0.4, 0.5) is 0 Å². The molecule has 4 heterocycles. The van der Waals surface area contributed by atoms with Gasteiger partial charge in [-0.25, -0.2) is 9.97 Å². The van der Waals surface area contributed by atoms with Crippen LogP contribution in [0.2, 0.25) is 0 Å². The van der Waals surface area contributed by atoms with Gasteiger partial charge >= 0.3 is 0 Å². The standard InChI is InChI=1S/C18H21N5O2S/c24-15(13-4-2-8-26-13)17-22-14-12(5-7-20-16(14)23-17)18(25)21-10-11-3-1-6-19-9-11/h2,4-5,7-8,11,15,19,24H,1,3,6,9-10H2,(H,21,25)(H,20,22,23). The largest absolute Gasteiger partial charge is 0.380 e. The summed E-state index contributed by atoms with van der Waals surface area (Å²) in [4.78, 5) is 25.1. The Hall–Kier alpha value is -2.29. The van der Waals surface area contributed by atoms with Crippen molar-refractivity contribution in [3.63, 3.8) is 0 Å². The van der Waals surface area contributed by atoms with Gasteiger partial charge in [0.25, 0.3) is 5.91 Å². The van der Waals surface area contributed by atoms with Crippen molar-refractivity contribution in [3.8, 4) is 0 Å². The topological polar surface area (TPSA) is 103 Å². The number of nitrogens with one attached hydrogen (secondary N) is 3. The highest BCUT2D eigenvalue weighted by Gasteiger charge is 2.21. The van der Waals surface area contributed by atoms with Crippen molar-refractivity contribution in [1.29, 1.82) is 0 Å².